The summed E-state index contributed by atoms with van der Waals surface area (Å²) in [6, 6.07) is 6.79. The largest absolute Gasteiger partial charge is 0.446 e. The average Bonchev–Trinajstić information content (AvgIpc) is 2.83. The van der Waals surface area contributed by atoms with Crippen molar-refractivity contribution in [1.29, 1.82) is 0 Å². The van der Waals surface area contributed by atoms with E-state index in [0.717, 1.165) is 38.3 Å². The summed E-state index contributed by atoms with van der Waals surface area (Å²) in [4.78, 5) is 2.70. The lowest BCUT2D eigenvalue weighted by atomic mass is 9.78. The molecule has 0 amide bonds. The Morgan fingerprint density at radius 2 is 1.74 bits per heavy atom. The van der Waals surface area contributed by atoms with Crippen LogP contribution >= 0.6 is 24.2 Å². The highest BCUT2D eigenvalue weighted by Gasteiger charge is 2.38. The van der Waals surface area contributed by atoms with Crippen molar-refractivity contribution in [1.82, 2.24) is 10.2 Å². The zero-order valence-electron chi connectivity index (χ0n) is 12.9. The fourth-order valence-corrected chi connectivity index (χ4v) is 4.12. The van der Waals surface area contributed by atoms with Crippen LogP contribution in [0.25, 0.3) is 0 Å². The van der Waals surface area contributed by atoms with Gasteiger partial charge in [0.15, 0.2) is 0 Å². The molecule has 0 atom stereocenters. The third-order valence-electron chi connectivity index (χ3n) is 4.74. The summed E-state index contributed by atoms with van der Waals surface area (Å²) in [5.41, 5.74) is -2.65. The van der Waals surface area contributed by atoms with Crippen LogP contribution in [0, 0.1) is 5.41 Å². The maximum Gasteiger partial charge on any atom is 0.446 e. The van der Waals surface area contributed by atoms with Crippen molar-refractivity contribution in [2.75, 3.05) is 26.2 Å². The number of hydrogen-bond donors (Lipinski definition) is 1. The Balaban J connectivity index is 0.00000192. The second-order valence-corrected chi connectivity index (χ2v) is 7.54. The Kier molecular flexibility index (Phi) is 6.28. The number of thioether (sulfide) groups is 1. The molecule has 1 N–H and O–H groups in total. The molecule has 7 heteroatoms. The van der Waals surface area contributed by atoms with E-state index < -0.39 is 5.51 Å². The Bertz CT molecular complexity index is 501. The first-order valence-electron chi connectivity index (χ1n) is 7.72. The molecular formula is C16H22ClF3N2S. The molecule has 0 aromatic heterocycles. The molecule has 0 saturated carbocycles. The SMILES string of the molecule is Cl.FC(F)(F)Sc1ccc(CN2CCC3(CCNCC3)C2)cc1. The number of nitrogens with zero attached hydrogens (tertiary/aromatic N) is 1. The highest BCUT2D eigenvalue weighted by molar-refractivity contribution is 8.00. The summed E-state index contributed by atoms with van der Waals surface area (Å²) in [6.07, 6.45) is 3.73. The Morgan fingerprint density at radius 3 is 2.35 bits per heavy atom. The Labute approximate surface area is 145 Å². The molecule has 2 aliphatic heterocycles. The van der Waals surface area contributed by atoms with Gasteiger partial charge < -0.3 is 5.32 Å². The van der Waals surface area contributed by atoms with Crippen LogP contribution in [0.1, 0.15) is 24.8 Å². The van der Waals surface area contributed by atoms with Gasteiger partial charge in [-0.15, -0.1) is 12.4 Å². The van der Waals surface area contributed by atoms with Gasteiger partial charge in [0, 0.05) is 18.0 Å². The minimum Gasteiger partial charge on any atom is -0.317 e. The maximum absolute atomic E-state index is 12.3. The lowest BCUT2D eigenvalue weighted by Gasteiger charge is -2.33. The predicted octanol–water partition coefficient (Wildman–Crippen LogP) is 4.30. The van der Waals surface area contributed by atoms with E-state index in [1.54, 1.807) is 12.1 Å². The van der Waals surface area contributed by atoms with Gasteiger partial charge in [-0.2, -0.15) is 13.2 Å². The number of alkyl halides is 3. The van der Waals surface area contributed by atoms with Gasteiger partial charge in [0.25, 0.3) is 0 Å². The van der Waals surface area contributed by atoms with Crippen molar-refractivity contribution in [3.8, 4) is 0 Å². The van der Waals surface area contributed by atoms with Crippen LogP contribution < -0.4 is 5.32 Å². The quantitative estimate of drug-likeness (QED) is 0.803. The normalized spacial score (nSPS) is 21.3. The Morgan fingerprint density at radius 1 is 1.09 bits per heavy atom. The predicted molar refractivity (Wildman–Crippen MR) is 90.0 cm³/mol. The molecule has 2 nitrogen and oxygen atoms in total. The number of benzene rings is 1. The summed E-state index contributed by atoms with van der Waals surface area (Å²) < 4.78 is 37.0. The van der Waals surface area contributed by atoms with Crippen molar-refractivity contribution in [2.24, 2.45) is 5.41 Å². The summed E-state index contributed by atoms with van der Waals surface area (Å²) in [5, 5.41) is 3.41. The monoisotopic (exact) mass is 366 g/mol. The van der Waals surface area contributed by atoms with E-state index >= 15 is 0 Å². The van der Waals surface area contributed by atoms with Gasteiger partial charge >= 0.3 is 5.51 Å². The molecule has 0 radical (unpaired) electrons. The van der Waals surface area contributed by atoms with Crippen LogP contribution in [-0.4, -0.2) is 36.6 Å². The third-order valence-corrected chi connectivity index (χ3v) is 5.48. The highest BCUT2D eigenvalue weighted by atomic mass is 35.5. The molecule has 130 valence electrons. The van der Waals surface area contributed by atoms with Crippen LogP contribution in [0.4, 0.5) is 13.2 Å². The van der Waals surface area contributed by atoms with Gasteiger partial charge in [0.05, 0.1) is 0 Å². The van der Waals surface area contributed by atoms with Gasteiger partial charge in [0.2, 0.25) is 0 Å². The molecule has 2 fully saturated rings. The lowest BCUT2D eigenvalue weighted by Crippen LogP contribution is -2.38. The third kappa shape index (κ3) is 5.28. The molecule has 0 unspecified atom stereocenters. The van der Waals surface area contributed by atoms with Crippen molar-refractivity contribution >= 4 is 24.2 Å². The van der Waals surface area contributed by atoms with Gasteiger partial charge in [-0.05, 0) is 73.8 Å². The van der Waals surface area contributed by atoms with Gasteiger partial charge in [0.1, 0.15) is 0 Å². The smallest absolute Gasteiger partial charge is 0.317 e. The van der Waals surface area contributed by atoms with Crippen LogP contribution in [0.15, 0.2) is 29.2 Å². The average molecular weight is 367 g/mol. The minimum atomic E-state index is -4.21. The Hall–Kier alpha value is -0.430. The first-order chi connectivity index (χ1) is 10.4. The zero-order valence-corrected chi connectivity index (χ0v) is 14.5. The topological polar surface area (TPSA) is 15.3 Å². The van der Waals surface area contributed by atoms with Gasteiger partial charge in [-0.3, -0.25) is 4.90 Å². The molecule has 1 aromatic rings. The van der Waals surface area contributed by atoms with E-state index in [9.17, 15) is 13.2 Å². The number of halogens is 4. The number of nitrogens with one attached hydrogen (secondary N) is 1. The highest BCUT2D eigenvalue weighted by Crippen LogP contribution is 2.39. The molecule has 2 aliphatic rings. The van der Waals surface area contributed by atoms with E-state index in [4.69, 9.17) is 0 Å². The van der Waals surface area contributed by atoms with Crippen molar-refractivity contribution in [2.45, 2.75) is 36.2 Å². The van der Waals surface area contributed by atoms with E-state index in [1.165, 1.54) is 19.3 Å². The van der Waals surface area contributed by atoms with Crippen LogP contribution in [0.3, 0.4) is 0 Å². The number of rotatable bonds is 3. The molecule has 3 rings (SSSR count). The lowest BCUT2D eigenvalue weighted by molar-refractivity contribution is -0.0328. The van der Waals surface area contributed by atoms with E-state index in [1.807, 2.05) is 12.1 Å². The standard InChI is InChI=1S/C16H21F3N2S.ClH/c17-16(18,19)22-14-3-1-13(2-4-14)11-21-10-7-15(12-21)5-8-20-9-6-15;/h1-4,20H,5-12H2;1H. The van der Waals surface area contributed by atoms with Crippen LogP contribution in [-0.2, 0) is 6.54 Å². The number of piperidine rings is 1. The maximum atomic E-state index is 12.3. The molecule has 0 bridgehead atoms. The number of hydrogen-bond acceptors (Lipinski definition) is 3. The second-order valence-electron chi connectivity index (χ2n) is 6.40. The molecule has 23 heavy (non-hydrogen) atoms. The number of likely N-dealkylation sites (tertiary alicyclic amines) is 1. The van der Waals surface area contributed by atoms with Gasteiger partial charge in [-0.1, -0.05) is 12.1 Å². The van der Waals surface area contributed by atoms with Crippen molar-refractivity contribution in [3.63, 3.8) is 0 Å². The summed E-state index contributed by atoms with van der Waals surface area (Å²) >= 11 is -0.0508. The summed E-state index contributed by atoms with van der Waals surface area (Å²) in [5.74, 6) is 0. The minimum absolute atomic E-state index is 0. The molecule has 2 heterocycles. The van der Waals surface area contributed by atoms with Crippen LogP contribution in [0.2, 0.25) is 0 Å². The first kappa shape index (κ1) is 18.9. The van der Waals surface area contributed by atoms with E-state index in [0.29, 0.717) is 5.41 Å². The summed E-state index contributed by atoms with van der Waals surface area (Å²) in [7, 11) is 0. The molecule has 1 aromatic carbocycles. The van der Waals surface area contributed by atoms with Gasteiger partial charge in [-0.25, -0.2) is 0 Å². The fraction of sp³-hybridized carbons (Fsp3) is 0.625. The molecular weight excluding hydrogens is 345 g/mol. The van der Waals surface area contributed by atoms with E-state index in [-0.39, 0.29) is 29.1 Å². The second kappa shape index (κ2) is 7.64. The fourth-order valence-electron chi connectivity index (χ4n) is 3.58. The zero-order chi connectivity index (χ0) is 15.6. The molecule has 1 spiro atoms. The summed E-state index contributed by atoms with van der Waals surface area (Å²) in [6.45, 7) is 5.27. The van der Waals surface area contributed by atoms with Crippen molar-refractivity contribution in [3.05, 3.63) is 29.8 Å². The van der Waals surface area contributed by atoms with Crippen molar-refractivity contribution < 1.29 is 13.2 Å². The van der Waals surface area contributed by atoms with Crippen LogP contribution in [0.5, 0.6) is 0 Å². The first-order valence-corrected chi connectivity index (χ1v) is 8.54. The molecule has 0 aliphatic carbocycles. The molecule has 2 saturated heterocycles. The van der Waals surface area contributed by atoms with E-state index in [2.05, 4.69) is 10.2 Å².